The van der Waals surface area contributed by atoms with Crippen molar-refractivity contribution < 1.29 is 0 Å². The van der Waals surface area contributed by atoms with Crippen molar-refractivity contribution in [2.75, 3.05) is 0 Å². The van der Waals surface area contributed by atoms with E-state index in [0.29, 0.717) is 5.69 Å². The van der Waals surface area contributed by atoms with Gasteiger partial charge < -0.3 is 4.57 Å². The smallest absolute Gasteiger partial charge is 0.303 e. The quantitative estimate of drug-likeness (QED) is 0.745. The summed E-state index contributed by atoms with van der Waals surface area (Å²) in [5.74, 6) is 0. The van der Waals surface area contributed by atoms with Crippen LogP contribution in [0.3, 0.4) is 0 Å². The highest BCUT2D eigenvalue weighted by Crippen LogP contribution is 2.24. The Kier molecular flexibility index (Phi) is 3.67. The fraction of sp³-hybridized carbons (Fsp3) is 0.222. The number of hydrogen-bond acceptors (Lipinski definition) is 2. The summed E-state index contributed by atoms with van der Waals surface area (Å²) in [6.07, 6.45) is 3.52. The summed E-state index contributed by atoms with van der Waals surface area (Å²) in [4.78, 5) is 24.6. The number of nitrogens with zero attached hydrogens (tertiary/aromatic N) is 2. The van der Waals surface area contributed by atoms with Crippen LogP contribution in [0.1, 0.15) is 18.9 Å². The molecule has 0 aliphatic heterocycles. The van der Waals surface area contributed by atoms with Crippen LogP contribution in [0.5, 0.6) is 0 Å². The van der Waals surface area contributed by atoms with Gasteiger partial charge in [0.15, 0.2) is 0 Å². The number of aromatic nitrogens is 2. The SMILES string of the molecule is CCCc1cccc2c(-n3c(=O)ccn(C)c3=O)cccc12. The minimum absolute atomic E-state index is 0.309. The summed E-state index contributed by atoms with van der Waals surface area (Å²) in [6.45, 7) is 2.14. The lowest BCUT2D eigenvalue weighted by atomic mass is 10.00. The first-order valence-electron chi connectivity index (χ1n) is 7.43. The van der Waals surface area contributed by atoms with Crippen LogP contribution in [0.2, 0.25) is 0 Å². The molecular formula is C18H18N2O2. The number of fused-ring (bicyclic) bond motifs is 1. The van der Waals surface area contributed by atoms with Gasteiger partial charge in [-0.15, -0.1) is 0 Å². The predicted molar refractivity (Wildman–Crippen MR) is 88.8 cm³/mol. The van der Waals surface area contributed by atoms with Gasteiger partial charge in [0.1, 0.15) is 0 Å². The molecule has 3 aromatic rings. The van der Waals surface area contributed by atoms with Gasteiger partial charge in [-0.2, -0.15) is 0 Å². The van der Waals surface area contributed by atoms with E-state index in [-0.39, 0.29) is 11.2 Å². The van der Waals surface area contributed by atoms with Crippen molar-refractivity contribution in [3.8, 4) is 5.69 Å². The summed E-state index contributed by atoms with van der Waals surface area (Å²) in [5, 5.41) is 2.03. The molecule has 1 aromatic heterocycles. The third-order valence-electron chi connectivity index (χ3n) is 3.90. The van der Waals surface area contributed by atoms with E-state index in [4.69, 9.17) is 0 Å². The molecule has 4 nitrogen and oxygen atoms in total. The molecule has 0 bridgehead atoms. The van der Waals surface area contributed by atoms with Gasteiger partial charge in [0.2, 0.25) is 0 Å². The summed E-state index contributed by atoms with van der Waals surface area (Å²) in [7, 11) is 1.64. The molecule has 0 aliphatic rings. The average Bonchev–Trinajstić information content (AvgIpc) is 2.52. The molecule has 0 N–H and O–H groups in total. The largest absolute Gasteiger partial charge is 0.335 e. The standard InChI is InChI=1S/C18H18N2O2/c1-3-6-13-7-4-9-15-14(13)8-5-10-16(15)20-17(21)11-12-19(2)18(20)22/h4-5,7-12H,3,6H2,1-2H3. The van der Waals surface area contributed by atoms with Crippen LogP contribution in [0.15, 0.2) is 58.3 Å². The van der Waals surface area contributed by atoms with E-state index in [1.54, 1.807) is 7.05 Å². The molecule has 0 saturated carbocycles. The monoisotopic (exact) mass is 294 g/mol. The zero-order valence-corrected chi connectivity index (χ0v) is 12.7. The Hall–Kier alpha value is -2.62. The van der Waals surface area contributed by atoms with Crippen molar-refractivity contribution in [2.45, 2.75) is 19.8 Å². The molecule has 2 aromatic carbocycles. The molecule has 1 heterocycles. The Balaban J connectivity index is 2.39. The average molecular weight is 294 g/mol. The predicted octanol–water partition coefficient (Wildman–Crippen LogP) is 2.64. The first-order valence-corrected chi connectivity index (χ1v) is 7.43. The minimum Gasteiger partial charge on any atom is -0.303 e. The maximum atomic E-state index is 12.4. The molecule has 3 rings (SSSR count). The Morgan fingerprint density at radius 2 is 1.68 bits per heavy atom. The first kappa shape index (κ1) is 14.3. The molecule has 0 radical (unpaired) electrons. The summed E-state index contributed by atoms with van der Waals surface area (Å²) in [6, 6.07) is 13.2. The summed E-state index contributed by atoms with van der Waals surface area (Å²) >= 11 is 0. The van der Waals surface area contributed by atoms with Gasteiger partial charge in [-0.3, -0.25) is 4.79 Å². The van der Waals surface area contributed by atoms with Gasteiger partial charge in [-0.05, 0) is 23.4 Å². The highest BCUT2D eigenvalue weighted by Gasteiger charge is 2.10. The highest BCUT2D eigenvalue weighted by atomic mass is 16.2. The van der Waals surface area contributed by atoms with Crippen LogP contribution in [0, 0.1) is 0 Å². The van der Waals surface area contributed by atoms with E-state index in [1.165, 1.54) is 27.0 Å². The lowest BCUT2D eigenvalue weighted by Gasteiger charge is -2.12. The van der Waals surface area contributed by atoms with Gasteiger partial charge in [-0.1, -0.05) is 43.7 Å². The van der Waals surface area contributed by atoms with Gasteiger partial charge in [0, 0.05) is 24.7 Å². The first-order chi connectivity index (χ1) is 10.6. The third kappa shape index (κ3) is 2.26. The molecule has 0 unspecified atom stereocenters. The van der Waals surface area contributed by atoms with Crippen molar-refractivity contribution in [3.05, 3.63) is 75.1 Å². The van der Waals surface area contributed by atoms with Gasteiger partial charge in [0.25, 0.3) is 5.56 Å². The van der Waals surface area contributed by atoms with Crippen molar-refractivity contribution in [1.82, 2.24) is 9.13 Å². The van der Waals surface area contributed by atoms with E-state index < -0.39 is 0 Å². The molecule has 0 amide bonds. The molecule has 0 spiro atoms. The highest BCUT2D eigenvalue weighted by molar-refractivity contribution is 5.92. The van der Waals surface area contributed by atoms with Crippen molar-refractivity contribution >= 4 is 10.8 Å². The number of benzene rings is 2. The Morgan fingerprint density at radius 3 is 2.45 bits per heavy atom. The topological polar surface area (TPSA) is 44.0 Å². The van der Waals surface area contributed by atoms with Crippen LogP contribution < -0.4 is 11.2 Å². The normalized spacial score (nSPS) is 11.0. The molecule has 0 saturated heterocycles. The second kappa shape index (κ2) is 5.64. The van der Waals surface area contributed by atoms with Crippen LogP contribution in [0.4, 0.5) is 0 Å². The maximum Gasteiger partial charge on any atom is 0.335 e. The van der Waals surface area contributed by atoms with E-state index >= 15 is 0 Å². The molecule has 112 valence electrons. The fourth-order valence-electron chi connectivity index (χ4n) is 2.83. The molecule has 4 heteroatoms. The van der Waals surface area contributed by atoms with Crippen molar-refractivity contribution in [2.24, 2.45) is 7.05 Å². The Labute approximate surface area is 128 Å². The van der Waals surface area contributed by atoms with Gasteiger partial charge >= 0.3 is 5.69 Å². The fourth-order valence-corrected chi connectivity index (χ4v) is 2.83. The van der Waals surface area contributed by atoms with E-state index in [1.807, 2.05) is 30.3 Å². The zero-order valence-electron chi connectivity index (χ0n) is 12.7. The lowest BCUT2D eigenvalue weighted by Crippen LogP contribution is -2.36. The third-order valence-corrected chi connectivity index (χ3v) is 3.90. The second-order valence-electron chi connectivity index (χ2n) is 5.42. The van der Waals surface area contributed by atoms with Crippen molar-refractivity contribution in [1.29, 1.82) is 0 Å². The zero-order chi connectivity index (χ0) is 15.7. The number of aryl methyl sites for hydroxylation is 2. The summed E-state index contributed by atoms with van der Waals surface area (Å²) in [5.41, 5.74) is 1.24. The molecule has 22 heavy (non-hydrogen) atoms. The Bertz CT molecular complexity index is 951. The van der Waals surface area contributed by atoms with Crippen LogP contribution >= 0.6 is 0 Å². The second-order valence-corrected chi connectivity index (χ2v) is 5.42. The van der Waals surface area contributed by atoms with Crippen LogP contribution in [-0.4, -0.2) is 9.13 Å². The van der Waals surface area contributed by atoms with Gasteiger partial charge in [-0.25, -0.2) is 9.36 Å². The molecular weight excluding hydrogens is 276 g/mol. The molecule has 0 aliphatic carbocycles. The van der Waals surface area contributed by atoms with Crippen molar-refractivity contribution in [3.63, 3.8) is 0 Å². The summed E-state index contributed by atoms with van der Waals surface area (Å²) < 4.78 is 2.65. The number of hydrogen-bond donors (Lipinski definition) is 0. The number of rotatable bonds is 3. The van der Waals surface area contributed by atoms with Crippen LogP contribution in [0.25, 0.3) is 16.5 Å². The van der Waals surface area contributed by atoms with Crippen LogP contribution in [-0.2, 0) is 13.5 Å². The molecule has 0 fully saturated rings. The minimum atomic E-state index is -0.333. The lowest BCUT2D eigenvalue weighted by molar-refractivity contribution is 0.741. The van der Waals surface area contributed by atoms with Gasteiger partial charge in [0.05, 0.1) is 5.69 Å². The Morgan fingerprint density at radius 1 is 0.955 bits per heavy atom. The maximum absolute atomic E-state index is 12.4. The molecule has 0 atom stereocenters. The van der Waals surface area contributed by atoms with E-state index in [9.17, 15) is 9.59 Å². The van der Waals surface area contributed by atoms with E-state index in [2.05, 4.69) is 13.0 Å². The van der Waals surface area contributed by atoms with E-state index in [0.717, 1.165) is 23.6 Å².